The molecule has 0 aliphatic heterocycles. The van der Waals surface area contributed by atoms with Crippen LogP contribution in [0.2, 0.25) is 0 Å². The lowest BCUT2D eigenvalue weighted by Crippen LogP contribution is -2.37. The highest BCUT2D eigenvalue weighted by Gasteiger charge is 2.18. The maximum Gasteiger partial charge on any atom is 0.255 e. The van der Waals surface area contributed by atoms with E-state index in [0.717, 1.165) is 17.7 Å². The molecule has 0 fully saturated rings. The Labute approximate surface area is 107 Å². The second-order valence-corrected chi connectivity index (χ2v) is 4.25. The van der Waals surface area contributed by atoms with Crippen LogP contribution in [0.5, 0.6) is 0 Å². The predicted molar refractivity (Wildman–Crippen MR) is 68.6 cm³/mol. The predicted octanol–water partition coefficient (Wildman–Crippen LogP) is 1.46. The number of hydrogen-bond acceptors (Lipinski definition) is 3. The second-order valence-electron chi connectivity index (χ2n) is 4.25. The van der Waals surface area contributed by atoms with Crippen molar-refractivity contribution in [2.75, 3.05) is 13.1 Å². The van der Waals surface area contributed by atoms with Gasteiger partial charge in [0.05, 0.1) is 12.1 Å². The zero-order valence-electron chi connectivity index (χ0n) is 11.3. The molecule has 2 amide bonds. The Bertz CT molecular complexity index is 449. The van der Waals surface area contributed by atoms with E-state index in [9.17, 15) is 9.59 Å². The Balaban J connectivity index is 2.58. The van der Waals surface area contributed by atoms with E-state index in [-0.39, 0.29) is 18.4 Å². The van der Waals surface area contributed by atoms with Gasteiger partial charge in [-0.15, -0.1) is 0 Å². The van der Waals surface area contributed by atoms with Gasteiger partial charge in [-0.25, -0.2) is 0 Å². The van der Waals surface area contributed by atoms with Crippen LogP contribution in [0.4, 0.5) is 0 Å². The summed E-state index contributed by atoms with van der Waals surface area (Å²) in [6, 6.07) is 0. The molecule has 5 heteroatoms. The summed E-state index contributed by atoms with van der Waals surface area (Å²) in [5.41, 5.74) is 1.34. The Morgan fingerprint density at radius 3 is 2.28 bits per heavy atom. The minimum Gasteiger partial charge on any atom is -0.466 e. The van der Waals surface area contributed by atoms with Gasteiger partial charge in [0.25, 0.3) is 5.91 Å². The van der Waals surface area contributed by atoms with Crippen molar-refractivity contribution < 1.29 is 14.0 Å². The summed E-state index contributed by atoms with van der Waals surface area (Å²) >= 11 is 0. The molecule has 0 aromatic carbocycles. The first-order chi connectivity index (χ1) is 8.47. The van der Waals surface area contributed by atoms with Gasteiger partial charge in [-0.05, 0) is 27.2 Å². The van der Waals surface area contributed by atoms with Crippen LogP contribution in [0.15, 0.2) is 4.42 Å². The Hall–Kier alpha value is -1.78. The number of furan rings is 1. The number of hydrogen-bond donors (Lipinski definition) is 2. The minimum atomic E-state index is -0.270. The van der Waals surface area contributed by atoms with Crippen molar-refractivity contribution in [2.24, 2.45) is 0 Å². The molecule has 1 aromatic heterocycles. The molecule has 0 aliphatic carbocycles. The van der Waals surface area contributed by atoms with Gasteiger partial charge in [-0.2, -0.15) is 0 Å². The quantitative estimate of drug-likeness (QED) is 0.833. The third-order valence-corrected chi connectivity index (χ3v) is 2.77. The molecule has 0 unspecified atom stereocenters. The van der Waals surface area contributed by atoms with Gasteiger partial charge in [-0.3, -0.25) is 9.59 Å². The number of carbonyl (C=O) groups excluding carboxylic acids is 2. The molecule has 0 aliphatic rings. The standard InChI is InChI=1S/C13H20N2O3/c1-5-6-14-11(16)7-15-13(17)12-8(2)9(3)18-10(12)4/h5-7H2,1-4H3,(H,14,16)(H,15,17). The van der Waals surface area contributed by atoms with E-state index in [4.69, 9.17) is 4.42 Å². The van der Waals surface area contributed by atoms with Gasteiger partial charge in [0.1, 0.15) is 11.5 Å². The van der Waals surface area contributed by atoms with Crippen LogP contribution < -0.4 is 10.6 Å². The molecule has 100 valence electrons. The molecule has 1 aromatic rings. The lowest BCUT2D eigenvalue weighted by Gasteiger charge is -2.06. The summed E-state index contributed by atoms with van der Waals surface area (Å²) in [5.74, 6) is 0.860. The number of amides is 2. The van der Waals surface area contributed by atoms with Gasteiger partial charge >= 0.3 is 0 Å². The van der Waals surface area contributed by atoms with Crippen LogP contribution in [0.1, 0.15) is 40.8 Å². The van der Waals surface area contributed by atoms with Crippen LogP contribution >= 0.6 is 0 Å². The highest BCUT2D eigenvalue weighted by molar-refractivity contribution is 5.98. The molecular formula is C13H20N2O3. The van der Waals surface area contributed by atoms with E-state index in [1.807, 2.05) is 20.8 Å². The molecule has 0 saturated carbocycles. The van der Waals surface area contributed by atoms with Crippen LogP contribution in [0.3, 0.4) is 0 Å². The van der Waals surface area contributed by atoms with Gasteiger partial charge < -0.3 is 15.1 Å². The average molecular weight is 252 g/mol. The Morgan fingerprint density at radius 1 is 1.11 bits per heavy atom. The molecule has 1 heterocycles. The number of rotatable bonds is 5. The summed E-state index contributed by atoms with van der Waals surface area (Å²) < 4.78 is 5.38. The SMILES string of the molecule is CCCNC(=O)CNC(=O)c1c(C)oc(C)c1C. The molecule has 1 rings (SSSR count). The van der Waals surface area contributed by atoms with Crippen LogP contribution in [0.25, 0.3) is 0 Å². The average Bonchev–Trinajstić information content (AvgIpc) is 2.58. The van der Waals surface area contributed by atoms with E-state index in [1.54, 1.807) is 6.92 Å². The largest absolute Gasteiger partial charge is 0.466 e. The summed E-state index contributed by atoms with van der Waals surface area (Å²) in [6.45, 7) is 7.97. The molecular weight excluding hydrogens is 232 g/mol. The summed E-state index contributed by atoms with van der Waals surface area (Å²) in [4.78, 5) is 23.3. The summed E-state index contributed by atoms with van der Waals surface area (Å²) in [5, 5.41) is 5.29. The number of nitrogens with one attached hydrogen (secondary N) is 2. The normalized spacial score (nSPS) is 10.2. The van der Waals surface area contributed by atoms with Crippen molar-refractivity contribution in [3.8, 4) is 0 Å². The maximum absolute atomic E-state index is 11.9. The Kier molecular flexibility index (Phi) is 4.95. The zero-order chi connectivity index (χ0) is 13.7. The lowest BCUT2D eigenvalue weighted by atomic mass is 10.1. The molecule has 5 nitrogen and oxygen atoms in total. The molecule has 0 bridgehead atoms. The van der Waals surface area contributed by atoms with Crippen LogP contribution in [-0.2, 0) is 4.79 Å². The Morgan fingerprint density at radius 2 is 1.78 bits per heavy atom. The fourth-order valence-corrected chi connectivity index (χ4v) is 1.70. The number of carbonyl (C=O) groups is 2. The second kappa shape index (κ2) is 6.23. The summed E-state index contributed by atoms with van der Waals surface area (Å²) in [7, 11) is 0. The van der Waals surface area contributed by atoms with E-state index in [0.29, 0.717) is 17.9 Å². The maximum atomic E-state index is 11.9. The monoisotopic (exact) mass is 252 g/mol. The number of aryl methyl sites for hydroxylation is 2. The highest BCUT2D eigenvalue weighted by Crippen LogP contribution is 2.20. The smallest absolute Gasteiger partial charge is 0.255 e. The topological polar surface area (TPSA) is 71.3 Å². The first-order valence-corrected chi connectivity index (χ1v) is 6.08. The van der Waals surface area contributed by atoms with Crippen molar-refractivity contribution in [3.05, 3.63) is 22.6 Å². The molecule has 0 saturated heterocycles. The third-order valence-electron chi connectivity index (χ3n) is 2.77. The fourth-order valence-electron chi connectivity index (χ4n) is 1.70. The van der Waals surface area contributed by atoms with Crippen molar-refractivity contribution in [3.63, 3.8) is 0 Å². The first-order valence-electron chi connectivity index (χ1n) is 6.08. The van der Waals surface area contributed by atoms with E-state index in [1.165, 1.54) is 0 Å². The van der Waals surface area contributed by atoms with E-state index in [2.05, 4.69) is 10.6 Å². The highest BCUT2D eigenvalue weighted by atomic mass is 16.3. The first kappa shape index (κ1) is 14.3. The van der Waals surface area contributed by atoms with Gasteiger partial charge in [0, 0.05) is 12.1 Å². The van der Waals surface area contributed by atoms with E-state index < -0.39 is 0 Å². The summed E-state index contributed by atoms with van der Waals surface area (Å²) in [6.07, 6.45) is 0.874. The van der Waals surface area contributed by atoms with Gasteiger partial charge in [-0.1, -0.05) is 6.92 Å². The molecule has 0 atom stereocenters. The van der Waals surface area contributed by atoms with Crippen molar-refractivity contribution in [2.45, 2.75) is 34.1 Å². The molecule has 18 heavy (non-hydrogen) atoms. The molecule has 0 radical (unpaired) electrons. The van der Waals surface area contributed by atoms with Crippen LogP contribution in [-0.4, -0.2) is 24.9 Å². The zero-order valence-corrected chi connectivity index (χ0v) is 11.3. The lowest BCUT2D eigenvalue weighted by molar-refractivity contribution is -0.120. The van der Waals surface area contributed by atoms with Crippen molar-refractivity contribution >= 4 is 11.8 Å². The van der Waals surface area contributed by atoms with E-state index >= 15 is 0 Å². The molecule has 2 N–H and O–H groups in total. The third kappa shape index (κ3) is 3.35. The van der Waals surface area contributed by atoms with Gasteiger partial charge in [0.2, 0.25) is 5.91 Å². The molecule has 0 spiro atoms. The van der Waals surface area contributed by atoms with Crippen LogP contribution in [0, 0.1) is 20.8 Å². The van der Waals surface area contributed by atoms with Crippen molar-refractivity contribution in [1.29, 1.82) is 0 Å². The van der Waals surface area contributed by atoms with Gasteiger partial charge in [0.15, 0.2) is 0 Å². The minimum absolute atomic E-state index is 0.0120. The van der Waals surface area contributed by atoms with Crippen molar-refractivity contribution in [1.82, 2.24) is 10.6 Å². The fraction of sp³-hybridized carbons (Fsp3) is 0.538.